The summed E-state index contributed by atoms with van der Waals surface area (Å²) < 4.78 is 11.0. The van der Waals surface area contributed by atoms with Crippen molar-refractivity contribution in [2.45, 2.75) is 91.1 Å². The minimum absolute atomic E-state index is 0.158. The van der Waals surface area contributed by atoms with Gasteiger partial charge in [-0.25, -0.2) is 0 Å². The molecule has 0 spiro atoms. The summed E-state index contributed by atoms with van der Waals surface area (Å²) in [6, 6.07) is 8.75. The number of carbonyl (C=O) groups excluding carboxylic acids is 1. The SMILES string of the molecule is CC.COC1=CCC=C(C(C)c2ccc(C(=O)N(C(C)C)C3CCCCC3)cc2)C=C1OC. The number of amides is 1. The number of hydrogen-bond donors (Lipinski definition) is 0. The first-order valence-corrected chi connectivity index (χ1v) is 12.6. The fourth-order valence-corrected chi connectivity index (χ4v) is 4.77. The molecule has 2 aliphatic carbocycles. The molecule has 1 fully saturated rings. The molecule has 182 valence electrons. The first kappa shape index (κ1) is 26.8. The molecule has 4 nitrogen and oxygen atoms in total. The number of carbonyl (C=O) groups is 1. The molecular formula is C29H43NO3. The highest BCUT2D eigenvalue weighted by atomic mass is 16.5. The second-order valence-corrected chi connectivity index (χ2v) is 8.87. The molecule has 3 rings (SSSR count). The Morgan fingerprint density at radius 2 is 1.52 bits per heavy atom. The average Bonchev–Trinajstić information content (AvgIpc) is 3.07. The average molecular weight is 454 g/mol. The number of nitrogens with zero attached hydrogens (tertiary/aromatic N) is 1. The number of allylic oxidation sites excluding steroid dienone is 4. The van der Waals surface area contributed by atoms with Gasteiger partial charge >= 0.3 is 0 Å². The normalized spacial score (nSPS) is 17.5. The molecule has 0 bridgehead atoms. The molecule has 0 saturated heterocycles. The van der Waals surface area contributed by atoms with Gasteiger partial charge in [-0.2, -0.15) is 0 Å². The van der Waals surface area contributed by atoms with Crippen molar-refractivity contribution >= 4 is 5.91 Å². The summed E-state index contributed by atoms with van der Waals surface area (Å²) in [7, 11) is 3.33. The van der Waals surface area contributed by atoms with E-state index in [9.17, 15) is 4.79 Å². The standard InChI is InChI=1S/C27H37NO3.C2H6/c1-19(2)28(24-11-7-6-8-12-24)27(29)22-16-14-21(15-17-22)20(3)23-10-9-13-25(30-4)26(18-23)31-5;1-2/h10,13-20,24H,6-9,11-12H2,1-5H3;1-2H3. The molecule has 0 aromatic heterocycles. The van der Waals surface area contributed by atoms with Gasteiger partial charge in [0.1, 0.15) is 0 Å². The Morgan fingerprint density at radius 3 is 2.06 bits per heavy atom. The van der Waals surface area contributed by atoms with E-state index in [2.05, 4.69) is 50.0 Å². The second-order valence-electron chi connectivity index (χ2n) is 8.87. The van der Waals surface area contributed by atoms with Crippen LogP contribution in [0.4, 0.5) is 0 Å². The summed E-state index contributed by atoms with van der Waals surface area (Å²) in [6.45, 7) is 10.4. The molecule has 0 N–H and O–H groups in total. The molecule has 2 aliphatic rings. The fourth-order valence-electron chi connectivity index (χ4n) is 4.77. The van der Waals surface area contributed by atoms with E-state index in [1.807, 2.05) is 32.1 Å². The lowest BCUT2D eigenvalue weighted by molar-refractivity contribution is 0.0555. The molecule has 4 heteroatoms. The Labute approximate surface area is 201 Å². The van der Waals surface area contributed by atoms with Crippen molar-refractivity contribution in [1.29, 1.82) is 0 Å². The van der Waals surface area contributed by atoms with Gasteiger partial charge in [-0.1, -0.05) is 58.2 Å². The van der Waals surface area contributed by atoms with Gasteiger partial charge in [0.2, 0.25) is 0 Å². The van der Waals surface area contributed by atoms with Crippen LogP contribution < -0.4 is 0 Å². The zero-order chi connectivity index (χ0) is 24.4. The van der Waals surface area contributed by atoms with Gasteiger partial charge in [0.25, 0.3) is 5.91 Å². The first-order chi connectivity index (χ1) is 16.0. The third-order valence-corrected chi connectivity index (χ3v) is 6.55. The lowest BCUT2D eigenvalue weighted by Crippen LogP contribution is -2.45. The predicted molar refractivity (Wildman–Crippen MR) is 137 cm³/mol. The maximum absolute atomic E-state index is 13.3. The molecule has 0 heterocycles. The van der Waals surface area contributed by atoms with Gasteiger partial charge in [-0.3, -0.25) is 4.79 Å². The van der Waals surface area contributed by atoms with Gasteiger partial charge < -0.3 is 14.4 Å². The lowest BCUT2D eigenvalue weighted by Gasteiger charge is -2.37. The predicted octanol–water partition coefficient (Wildman–Crippen LogP) is 7.39. The van der Waals surface area contributed by atoms with E-state index in [4.69, 9.17) is 9.47 Å². The van der Waals surface area contributed by atoms with Crippen LogP contribution in [0.5, 0.6) is 0 Å². The van der Waals surface area contributed by atoms with E-state index in [1.54, 1.807) is 14.2 Å². The molecule has 1 unspecified atom stereocenters. The van der Waals surface area contributed by atoms with E-state index >= 15 is 0 Å². The molecule has 33 heavy (non-hydrogen) atoms. The molecule has 1 aromatic rings. The number of hydrogen-bond acceptors (Lipinski definition) is 3. The molecule has 1 saturated carbocycles. The van der Waals surface area contributed by atoms with E-state index in [0.29, 0.717) is 6.04 Å². The molecule has 1 aromatic carbocycles. The van der Waals surface area contributed by atoms with E-state index in [0.717, 1.165) is 36.3 Å². The molecule has 0 radical (unpaired) electrons. The zero-order valence-corrected chi connectivity index (χ0v) is 21.7. The van der Waals surface area contributed by atoms with Gasteiger partial charge in [0.05, 0.1) is 14.2 Å². The molecule has 0 aliphatic heterocycles. The van der Waals surface area contributed by atoms with Crippen molar-refractivity contribution in [3.05, 3.63) is 70.7 Å². The van der Waals surface area contributed by atoms with Crippen molar-refractivity contribution in [2.24, 2.45) is 0 Å². The topological polar surface area (TPSA) is 38.8 Å². The van der Waals surface area contributed by atoms with Crippen molar-refractivity contribution in [1.82, 2.24) is 4.90 Å². The minimum atomic E-state index is 0.158. The Morgan fingerprint density at radius 1 is 0.909 bits per heavy atom. The van der Waals surface area contributed by atoms with Gasteiger partial charge in [0, 0.05) is 23.6 Å². The second kappa shape index (κ2) is 13.3. The van der Waals surface area contributed by atoms with E-state index in [-0.39, 0.29) is 17.9 Å². The van der Waals surface area contributed by atoms with Crippen LogP contribution in [-0.4, -0.2) is 37.1 Å². The molecule has 1 atom stereocenters. The first-order valence-electron chi connectivity index (χ1n) is 12.6. The molecule has 1 amide bonds. The van der Waals surface area contributed by atoms with Crippen LogP contribution >= 0.6 is 0 Å². The summed E-state index contributed by atoms with van der Waals surface area (Å²) in [6.07, 6.45) is 13.1. The third kappa shape index (κ3) is 6.75. The number of rotatable bonds is 7. The van der Waals surface area contributed by atoms with Gasteiger partial charge in [-0.15, -0.1) is 0 Å². The number of benzene rings is 1. The van der Waals surface area contributed by atoms with Crippen LogP contribution in [0.3, 0.4) is 0 Å². The maximum atomic E-state index is 13.3. The van der Waals surface area contributed by atoms with Gasteiger partial charge in [-0.05, 0) is 68.5 Å². The Bertz CT molecular complexity index is 842. The van der Waals surface area contributed by atoms with Crippen LogP contribution in [-0.2, 0) is 9.47 Å². The number of ether oxygens (including phenoxy) is 2. The van der Waals surface area contributed by atoms with Gasteiger partial charge in [0.15, 0.2) is 11.5 Å². The Balaban J connectivity index is 0.00000187. The maximum Gasteiger partial charge on any atom is 0.254 e. The highest BCUT2D eigenvalue weighted by molar-refractivity contribution is 5.94. The highest BCUT2D eigenvalue weighted by Crippen LogP contribution is 2.31. The van der Waals surface area contributed by atoms with Crippen LogP contribution in [0.2, 0.25) is 0 Å². The quantitative estimate of drug-likeness (QED) is 0.432. The summed E-state index contributed by atoms with van der Waals surface area (Å²) in [4.78, 5) is 15.4. The monoisotopic (exact) mass is 453 g/mol. The lowest BCUT2D eigenvalue weighted by atomic mass is 9.90. The Hall–Kier alpha value is -2.49. The summed E-state index contributed by atoms with van der Waals surface area (Å²) in [5.41, 5.74) is 3.15. The van der Waals surface area contributed by atoms with Crippen molar-refractivity contribution in [3.63, 3.8) is 0 Å². The summed E-state index contributed by atoms with van der Waals surface area (Å²) >= 11 is 0. The van der Waals surface area contributed by atoms with Crippen LogP contribution in [0.1, 0.15) is 95.0 Å². The zero-order valence-electron chi connectivity index (χ0n) is 21.7. The fraction of sp³-hybridized carbons (Fsp3) is 0.552. The number of methoxy groups -OCH3 is 2. The van der Waals surface area contributed by atoms with Crippen LogP contribution in [0.15, 0.2) is 59.6 Å². The van der Waals surface area contributed by atoms with Crippen molar-refractivity contribution in [2.75, 3.05) is 14.2 Å². The summed E-state index contributed by atoms with van der Waals surface area (Å²) in [5.74, 6) is 1.85. The van der Waals surface area contributed by atoms with Crippen LogP contribution in [0.25, 0.3) is 0 Å². The van der Waals surface area contributed by atoms with Crippen LogP contribution in [0, 0.1) is 0 Å². The minimum Gasteiger partial charge on any atom is -0.493 e. The molecular weight excluding hydrogens is 410 g/mol. The van der Waals surface area contributed by atoms with E-state index < -0.39 is 0 Å². The van der Waals surface area contributed by atoms with Crippen molar-refractivity contribution in [3.8, 4) is 0 Å². The highest BCUT2D eigenvalue weighted by Gasteiger charge is 2.28. The Kier molecular flexibility index (Phi) is 10.8. The smallest absolute Gasteiger partial charge is 0.254 e. The third-order valence-electron chi connectivity index (χ3n) is 6.55. The van der Waals surface area contributed by atoms with Crippen molar-refractivity contribution < 1.29 is 14.3 Å². The van der Waals surface area contributed by atoms with E-state index in [1.165, 1.54) is 30.4 Å². The largest absolute Gasteiger partial charge is 0.493 e. The summed E-state index contributed by atoms with van der Waals surface area (Å²) in [5, 5.41) is 0.